The Bertz CT molecular complexity index is 441. The lowest BCUT2D eigenvalue weighted by molar-refractivity contribution is 0.497. The summed E-state index contributed by atoms with van der Waals surface area (Å²) in [5.41, 5.74) is 1.16. The van der Waals surface area contributed by atoms with Gasteiger partial charge in [0.05, 0.1) is 11.3 Å². The van der Waals surface area contributed by atoms with Crippen molar-refractivity contribution in [3.05, 3.63) is 39.1 Å². The molecule has 0 fully saturated rings. The summed E-state index contributed by atoms with van der Waals surface area (Å²) >= 11 is 5.13. The molecule has 1 N–H and O–H groups in total. The van der Waals surface area contributed by atoms with Crippen LogP contribution in [0.15, 0.2) is 33.0 Å². The normalized spacial score (nSPS) is 12.8. The van der Waals surface area contributed by atoms with Gasteiger partial charge in [-0.15, -0.1) is 11.3 Å². The molecular formula is C12H15BrN2OS. The van der Waals surface area contributed by atoms with Gasteiger partial charge >= 0.3 is 0 Å². The maximum absolute atomic E-state index is 5.30. The SMILES string of the molecule is CCCNC(Cc1nccs1)c1ccoc1Br. The van der Waals surface area contributed by atoms with Crippen molar-refractivity contribution < 1.29 is 4.42 Å². The molecule has 5 heteroatoms. The first-order chi connectivity index (χ1) is 8.31. The molecule has 0 aromatic carbocycles. The van der Waals surface area contributed by atoms with Gasteiger partial charge in [0.15, 0.2) is 4.67 Å². The van der Waals surface area contributed by atoms with Gasteiger partial charge in [-0.1, -0.05) is 6.92 Å². The van der Waals surface area contributed by atoms with Gasteiger partial charge in [-0.05, 0) is 35.0 Å². The Morgan fingerprint density at radius 2 is 2.47 bits per heavy atom. The first kappa shape index (κ1) is 12.8. The van der Waals surface area contributed by atoms with E-state index in [4.69, 9.17) is 4.42 Å². The maximum Gasteiger partial charge on any atom is 0.173 e. The average molecular weight is 315 g/mol. The largest absolute Gasteiger partial charge is 0.457 e. The number of nitrogens with one attached hydrogen (secondary N) is 1. The van der Waals surface area contributed by atoms with Gasteiger partial charge < -0.3 is 9.73 Å². The number of aromatic nitrogens is 1. The molecule has 0 spiro atoms. The molecule has 1 unspecified atom stereocenters. The molecule has 17 heavy (non-hydrogen) atoms. The summed E-state index contributed by atoms with van der Waals surface area (Å²) in [7, 11) is 0. The molecule has 92 valence electrons. The van der Waals surface area contributed by atoms with Gasteiger partial charge in [0.2, 0.25) is 0 Å². The van der Waals surface area contributed by atoms with Crippen molar-refractivity contribution in [3.8, 4) is 0 Å². The zero-order valence-electron chi connectivity index (χ0n) is 9.65. The summed E-state index contributed by atoms with van der Waals surface area (Å²) in [6.07, 6.45) is 5.57. The fourth-order valence-electron chi connectivity index (χ4n) is 1.69. The lowest BCUT2D eigenvalue weighted by atomic mass is 10.1. The van der Waals surface area contributed by atoms with Crippen LogP contribution in [0.2, 0.25) is 0 Å². The first-order valence-corrected chi connectivity index (χ1v) is 7.33. The Hall–Kier alpha value is -0.650. The number of halogens is 1. The highest BCUT2D eigenvalue weighted by Crippen LogP contribution is 2.27. The van der Waals surface area contributed by atoms with Crippen LogP contribution in [0, 0.1) is 0 Å². The summed E-state index contributed by atoms with van der Waals surface area (Å²) < 4.78 is 6.11. The monoisotopic (exact) mass is 314 g/mol. The highest BCUT2D eigenvalue weighted by molar-refractivity contribution is 9.10. The van der Waals surface area contributed by atoms with Crippen molar-refractivity contribution >= 4 is 27.3 Å². The van der Waals surface area contributed by atoms with E-state index in [1.807, 2.05) is 17.6 Å². The van der Waals surface area contributed by atoms with Gasteiger partial charge in [-0.25, -0.2) is 4.98 Å². The highest BCUT2D eigenvalue weighted by atomic mass is 79.9. The van der Waals surface area contributed by atoms with Crippen molar-refractivity contribution in [3.63, 3.8) is 0 Å². The molecule has 0 radical (unpaired) electrons. The Kier molecular flexibility index (Phi) is 4.76. The van der Waals surface area contributed by atoms with Crippen LogP contribution in [0.4, 0.5) is 0 Å². The predicted octanol–water partition coefficient (Wildman–Crippen LogP) is 3.78. The van der Waals surface area contributed by atoms with E-state index in [0.29, 0.717) is 0 Å². The van der Waals surface area contributed by atoms with E-state index in [1.165, 1.54) is 0 Å². The van der Waals surface area contributed by atoms with Crippen LogP contribution < -0.4 is 5.32 Å². The van der Waals surface area contributed by atoms with Crippen molar-refractivity contribution in [2.75, 3.05) is 6.54 Å². The third-order valence-electron chi connectivity index (χ3n) is 2.52. The van der Waals surface area contributed by atoms with Gasteiger partial charge in [-0.2, -0.15) is 0 Å². The van der Waals surface area contributed by atoms with Gasteiger partial charge in [-0.3, -0.25) is 0 Å². The summed E-state index contributed by atoms with van der Waals surface area (Å²) in [5.74, 6) is 0. The zero-order valence-corrected chi connectivity index (χ0v) is 12.1. The lowest BCUT2D eigenvalue weighted by Gasteiger charge is -2.16. The summed E-state index contributed by atoms with van der Waals surface area (Å²) in [6, 6.07) is 2.26. The molecule has 0 aliphatic carbocycles. The fraction of sp³-hybridized carbons (Fsp3) is 0.417. The van der Waals surface area contributed by atoms with Gasteiger partial charge in [0.25, 0.3) is 0 Å². The Morgan fingerprint density at radius 1 is 1.59 bits per heavy atom. The first-order valence-electron chi connectivity index (χ1n) is 5.66. The van der Waals surface area contributed by atoms with E-state index in [1.54, 1.807) is 17.6 Å². The molecule has 2 rings (SSSR count). The van der Waals surface area contributed by atoms with Crippen LogP contribution in [0.1, 0.15) is 30.0 Å². The minimum Gasteiger partial charge on any atom is -0.457 e. The number of hydrogen-bond acceptors (Lipinski definition) is 4. The lowest BCUT2D eigenvalue weighted by Crippen LogP contribution is -2.24. The second kappa shape index (κ2) is 6.33. The second-order valence-corrected chi connectivity index (χ2v) is 5.49. The minimum atomic E-state index is 0.259. The molecule has 3 nitrogen and oxygen atoms in total. The predicted molar refractivity (Wildman–Crippen MR) is 73.3 cm³/mol. The average Bonchev–Trinajstić information content (AvgIpc) is 2.95. The quantitative estimate of drug-likeness (QED) is 0.881. The molecule has 0 aliphatic heterocycles. The van der Waals surface area contributed by atoms with Crippen LogP contribution in [-0.4, -0.2) is 11.5 Å². The molecular weight excluding hydrogens is 300 g/mol. The van der Waals surface area contributed by atoms with Crippen LogP contribution in [0.25, 0.3) is 0 Å². The van der Waals surface area contributed by atoms with E-state index in [0.717, 1.165) is 34.6 Å². The van der Waals surface area contributed by atoms with E-state index in [2.05, 4.69) is 33.2 Å². The third kappa shape index (κ3) is 3.40. The van der Waals surface area contributed by atoms with Crippen LogP contribution in [0.3, 0.4) is 0 Å². The number of hydrogen-bond donors (Lipinski definition) is 1. The molecule has 0 saturated heterocycles. The van der Waals surface area contributed by atoms with E-state index < -0.39 is 0 Å². The molecule has 2 heterocycles. The topological polar surface area (TPSA) is 38.1 Å². The number of rotatable bonds is 6. The molecule has 0 bridgehead atoms. The molecule has 0 aliphatic rings. The summed E-state index contributed by atoms with van der Waals surface area (Å²) in [6.45, 7) is 3.16. The van der Waals surface area contributed by atoms with Crippen molar-refractivity contribution in [2.24, 2.45) is 0 Å². The maximum atomic E-state index is 5.30. The Morgan fingerprint density at radius 3 is 3.06 bits per heavy atom. The Balaban J connectivity index is 2.11. The van der Waals surface area contributed by atoms with E-state index in [-0.39, 0.29) is 6.04 Å². The second-order valence-electron chi connectivity index (χ2n) is 3.79. The van der Waals surface area contributed by atoms with Crippen molar-refractivity contribution in [1.82, 2.24) is 10.3 Å². The van der Waals surface area contributed by atoms with Gasteiger partial charge in [0, 0.05) is 29.6 Å². The number of thiazole rings is 1. The molecule has 2 aromatic heterocycles. The zero-order chi connectivity index (χ0) is 12.1. The van der Waals surface area contributed by atoms with Gasteiger partial charge in [0.1, 0.15) is 0 Å². The standard InChI is InChI=1S/C12H15BrN2OS/c1-2-4-14-10(8-11-15-5-7-17-11)9-3-6-16-12(9)13/h3,5-7,10,14H,2,4,8H2,1H3. The Labute approximate surface area is 113 Å². The number of nitrogens with zero attached hydrogens (tertiary/aromatic N) is 1. The smallest absolute Gasteiger partial charge is 0.173 e. The van der Waals surface area contributed by atoms with Crippen molar-refractivity contribution in [1.29, 1.82) is 0 Å². The van der Waals surface area contributed by atoms with Crippen LogP contribution in [0.5, 0.6) is 0 Å². The summed E-state index contributed by atoms with van der Waals surface area (Å²) in [5, 5.41) is 6.68. The van der Waals surface area contributed by atoms with E-state index >= 15 is 0 Å². The molecule has 0 amide bonds. The van der Waals surface area contributed by atoms with Crippen LogP contribution >= 0.6 is 27.3 Å². The fourth-order valence-corrected chi connectivity index (χ4v) is 2.87. The van der Waals surface area contributed by atoms with E-state index in [9.17, 15) is 0 Å². The van der Waals surface area contributed by atoms with Crippen molar-refractivity contribution in [2.45, 2.75) is 25.8 Å². The van der Waals surface area contributed by atoms with Crippen LogP contribution in [-0.2, 0) is 6.42 Å². The minimum absolute atomic E-state index is 0.259. The number of furan rings is 1. The molecule has 1 atom stereocenters. The molecule has 0 saturated carbocycles. The molecule has 2 aromatic rings. The highest BCUT2D eigenvalue weighted by Gasteiger charge is 2.17. The summed E-state index contributed by atoms with van der Waals surface area (Å²) in [4.78, 5) is 4.34. The third-order valence-corrected chi connectivity index (χ3v) is 3.97.